The summed E-state index contributed by atoms with van der Waals surface area (Å²) in [5, 5.41) is 0. The number of likely N-dealkylation sites (N-methyl/N-ethyl adjacent to an activating group) is 1. The lowest BCUT2D eigenvalue weighted by atomic mass is 9.84. The molecule has 0 spiro atoms. The fraction of sp³-hybridized carbons (Fsp3) is 1.00. The van der Waals surface area contributed by atoms with Gasteiger partial charge in [-0.3, -0.25) is 0 Å². The Bertz CT molecular complexity index is 207. The van der Waals surface area contributed by atoms with Crippen LogP contribution in [0.2, 0.25) is 0 Å². The molecule has 0 heterocycles. The topological polar surface area (TPSA) is 29.3 Å². The molecular formula is C16H34N2. The minimum Gasteiger partial charge on any atom is -0.326 e. The number of hydrogen-bond acceptors (Lipinski definition) is 2. The van der Waals surface area contributed by atoms with Gasteiger partial charge >= 0.3 is 0 Å². The second kappa shape index (κ2) is 8.16. The molecule has 1 rings (SSSR count). The van der Waals surface area contributed by atoms with Crippen molar-refractivity contribution >= 4 is 0 Å². The SMILES string of the molecule is CCCCCCCCC(N)C1(N(C)C)CCCC1. The van der Waals surface area contributed by atoms with Crippen molar-refractivity contribution in [3.05, 3.63) is 0 Å². The Balaban J connectivity index is 2.24. The van der Waals surface area contributed by atoms with E-state index in [0.29, 0.717) is 11.6 Å². The van der Waals surface area contributed by atoms with Crippen LogP contribution in [0.1, 0.15) is 77.6 Å². The zero-order valence-electron chi connectivity index (χ0n) is 12.9. The molecule has 0 aromatic carbocycles. The van der Waals surface area contributed by atoms with Crippen molar-refractivity contribution in [1.29, 1.82) is 0 Å². The minimum atomic E-state index is 0.309. The van der Waals surface area contributed by atoms with Crippen molar-refractivity contribution in [1.82, 2.24) is 4.90 Å². The molecule has 1 fully saturated rings. The maximum atomic E-state index is 6.51. The van der Waals surface area contributed by atoms with Gasteiger partial charge in [-0.2, -0.15) is 0 Å². The lowest BCUT2D eigenvalue weighted by Crippen LogP contribution is -2.55. The molecule has 18 heavy (non-hydrogen) atoms. The van der Waals surface area contributed by atoms with Gasteiger partial charge in [-0.25, -0.2) is 0 Å². The van der Waals surface area contributed by atoms with E-state index in [1.807, 2.05) is 0 Å². The molecule has 1 atom stereocenters. The summed E-state index contributed by atoms with van der Waals surface area (Å²) in [6, 6.07) is 0.376. The molecule has 0 aromatic rings. The summed E-state index contributed by atoms with van der Waals surface area (Å²) in [6.45, 7) is 2.27. The molecule has 108 valence electrons. The molecular weight excluding hydrogens is 220 g/mol. The first kappa shape index (κ1) is 16.0. The molecule has 0 saturated heterocycles. The Morgan fingerprint density at radius 1 is 1.00 bits per heavy atom. The zero-order chi connectivity index (χ0) is 13.4. The van der Waals surface area contributed by atoms with Gasteiger partial charge in [-0.15, -0.1) is 0 Å². The highest BCUT2D eigenvalue weighted by Gasteiger charge is 2.40. The number of unbranched alkanes of at least 4 members (excludes halogenated alkanes) is 5. The Morgan fingerprint density at radius 2 is 1.56 bits per heavy atom. The van der Waals surface area contributed by atoms with Crippen LogP contribution >= 0.6 is 0 Å². The van der Waals surface area contributed by atoms with Gasteiger partial charge in [0.2, 0.25) is 0 Å². The Labute approximate surface area is 114 Å². The van der Waals surface area contributed by atoms with Crippen molar-refractivity contribution in [3.63, 3.8) is 0 Å². The number of hydrogen-bond donors (Lipinski definition) is 1. The summed E-state index contributed by atoms with van der Waals surface area (Å²) >= 11 is 0. The lowest BCUT2D eigenvalue weighted by molar-refractivity contribution is 0.117. The van der Waals surface area contributed by atoms with E-state index >= 15 is 0 Å². The van der Waals surface area contributed by atoms with Gasteiger partial charge in [0.25, 0.3) is 0 Å². The summed E-state index contributed by atoms with van der Waals surface area (Å²) in [5.41, 5.74) is 6.82. The molecule has 2 nitrogen and oxygen atoms in total. The van der Waals surface area contributed by atoms with Gasteiger partial charge in [-0.05, 0) is 33.4 Å². The Kier molecular flexibility index (Phi) is 7.25. The van der Waals surface area contributed by atoms with Gasteiger partial charge in [0.1, 0.15) is 0 Å². The first-order valence-electron chi connectivity index (χ1n) is 8.06. The highest BCUT2D eigenvalue weighted by atomic mass is 15.2. The zero-order valence-corrected chi connectivity index (χ0v) is 12.9. The van der Waals surface area contributed by atoms with Crippen molar-refractivity contribution < 1.29 is 0 Å². The van der Waals surface area contributed by atoms with E-state index in [2.05, 4.69) is 25.9 Å². The van der Waals surface area contributed by atoms with Crippen molar-refractivity contribution in [3.8, 4) is 0 Å². The molecule has 0 aliphatic heterocycles. The summed E-state index contributed by atoms with van der Waals surface area (Å²) < 4.78 is 0. The highest BCUT2D eigenvalue weighted by molar-refractivity contribution is 5.00. The quantitative estimate of drug-likeness (QED) is 0.632. The van der Waals surface area contributed by atoms with Crippen molar-refractivity contribution in [2.45, 2.75) is 89.1 Å². The van der Waals surface area contributed by atoms with E-state index in [1.54, 1.807) is 0 Å². The monoisotopic (exact) mass is 254 g/mol. The normalized spacial score (nSPS) is 20.5. The minimum absolute atomic E-state index is 0.309. The molecule has 1 unspecified atom stereocenters. The predicted octanol–water partition coefficient (Wildman–Crippen LogP) is 3.94. The van der Waals surface area contributed by atoms with Crippen LogP contribution in [0.15, 0.2) is 0 Å². The van der Waals surface area contributed by atoms with E-state index in [9.17, 15) is 0 Å². The molecule has 0 bridgehead atoms. The molecule has 2 heteroatoms. The van der Waals surface area contributed by atoms with Crippen molar-refractivity contribution in [2.75, 3.05) is 14.1 Å². The average molecular weight is 254 g/mol. The first-order valence-corrected chi connectivity index (χ1v) is 8.06. The molecule has 1 aliphatic carbocycles. The standard InChI is InChI=1S/C16H34N2/c1-4-5-6-7-8-9-12-15(17)16(18(2)3)13-10-11-14-16/h15H,4-14,17H2,1-3H3. The van der Waals surface area contributed by atoms with Gasteiger partial charge < -0.3 is 10.6 Å². The van der Waals surface area contributed by atoms with Gasteiger partial charge in [0, 0.05) is 11.6 Å². The molecule has 0 radical (unpaired) electrons. The van der Waals surface area contributed by atoms with Gasteiger partial charge in [0.05, 0.1) is 0 Å². The fourth-order valence-corrected chi connectivity index (χ4v) is 3.55. The maximum absolute atomic E-state index is 6.51. The third-order valence-electron chi connectivity index (χ3n) is 4.92. The summed E-state index contributed by atoms with van der Waals surface area (Å²) in [4.78, 5) is 2.40. The summed E-state index contributed by atoms with van der Waals surface area (Å²) in [5.74, 6) is 0. The van der Waals surface area contributed by atoms with Gasteiger partial charge in [-0.1, -0.05) is 58.3 Å². The number of nitrogens with two attached hydrogens (primary N) is 1. The van der Waals surface area contributed by atoms with Crippen LogP contribution in [0.25, 0.3) is 0 Å². The molecule has 1 saturated carbocycles. The van der Waals surface area contributed by atoms with Crippen LogP contribution in [0.3, 0.4) is 0 Å². The third kappa shape index (κ3) is 4.24. The van der Waals surface area contributed by atoms with Crippen LogP contribution in [0.4, 0.5) is 0 Å². The Morgan fingerprint density at radius 3 is 2.11 bits per heavy atom. The second-order valence-corrected chi connectivity index (χ2v) is 6.37. The molecule has 0 aromatic heterocycles. The lowest BCUT2D eigenvalue weighted by Gasteiger charge is -2.41. The van der Waals surface area contributed by atoms with E-state index in [4.69, 9.17) is 5.73 Å². The molecule has 1 aliphatic rings. The van der Waals surface area contributed by atoms with Crippen LogP contribution in [-0.2, 0) is 0 Å². The fourth-order valence-electron chi connectivity index (χ4n) is 3.55. The van der Waals surface area contributed by atoms with Crippen LogP contribution in [0.5, 0.6) is 0 Å². The number of rotatable bonds is 9. The average Bonchev–Trinajstić information content (AvgIpc) is 2.84. The van der Waals surface area contributed by atoms with Crippen molar-refractivity contribution in [2.24, 2.45) is 5.73 Å². The van der Waals surface area contributed by atoms with Crippen LogP contribution < -0.4 is 5.73 Å². The number of nitrogens with zero attached hydrogens (tertiary/aromatic N) is 1. The molecule has 2 N–H and O–H groups in total. The van der Waals surface area contributed by atoms with E-state index < -0.39 is 0 Å². The highest BCUT2D eigenvalue weighted by Crippen LogP contribution is 2.37. The summed E-state index contributed by atoms with van der Waals surface area (Å²) in [6.07, 6.45) is 14.8. The van der Waals surface area contributed by atoms with Gasteiger partial charge in [0.15, 0.2) is 0 Å². The summed E-state index contributed by atoms with van der Waals surface area (Å²) in [7, 11) is 4.43. The van der Waals surface area contributed by atoms with E-state index in [0.717, 1.165) is 0 Å². The second-order valence-electron chi connectivity index (χ2n) is 6.37. The Hall–Kier alpha value is -0.0800. The smallest absolute Gasteiger partial charge is 0.0354 e. The first-order chi connectivity index (χ1) is 8.63. The largest absolute Gasteiger partial charge is 0.326 e. The van der Waals surface area contributed by atoms with Crippen LogP contribution in [-0.4, -0.2) is 30.6 Å². The van der Waals surface area contributed by atoms with Crippen LogP contribution in [0, 0.1) is 0 Å². The maximum Gasteiger partial charge on any atom is 0.0354 e. The predicted molar refractivity (Wildman–Crippen MR) is 80.9 cm³/mol. The van der Waals surface area contributed by atoms with E-state index in [1.165, 1.54) is 70.6 Å². The molecule has 0 amide bonds. The van der Waals surface area contributed by atoms with E-state index in [-0.39, 0.29) is 0 Å². The third-order valence-corrected chi connectivity index (χ3v) is 4.92.